The lowest BCUT2D eigenvalue weighted by atomic mass is 9.66. The number of aliphatic carboxylic acids is 1. The van der Waals surface area contributed by atoms with Gasteiger partial charge in [0.15, 0.2) is 0 Å². The van der Waals surface area contributed by atoms with Crippen molar-refractivity contribution in [3.63, 3.8) is 0 Å². The molecule has 5 rings (SSSR count). The number of carbonyl (C=O) groups excluding carboxylic acids is 2. The number of hydrogen-bond donors (Lipinski definition) is 3. The maximum atomic E-state index is 13.5. The molecule has 1 saturated heterocycles. The topological polar surface area (TPSA) is 118 Å². The van der Waals surface area contributed by atoms with Gasteiger partial charge in [0, 0.05) is 23.0 Å². The highest BCUT2D eigenvalue weighted by Gasteiger charge is 2.51. The molecule has 4 heterocycles. The first-order valence-corrected chi connectivity index (χ1v) is 11.3. The van der Waals surface area contributed by atoms with Crippen LogP contribution in [0.3, 0.4) is 0 Å². The maximum absolute atomic E-state index is 13.5. The summed E-state index contributed by atoms with van der Waals surface area (Å²) in [7, 11) is 0. The zero-order valence-electron chi connectivity index (χ0n) is 18.1. The quantitative estimate of drug-likeness (QED) is 0.640. The van der Waals surface area contributed by atoms with E-state index >= 15 is 0 Å². The zero-order chi connectivity index (χ0) is 22.6. The van der Waals surface area contributed by atoms with Gasteiger partial charge in [-0.1, -0.05) is 25.1 Å². The highest BCUT2D eigenvalue weighted by molar-refractivity contribution is 6.17. The number of amides is 2. The normalized spacial score (nSPS) is 25.0. The Labute approximate surface area is 186 Å². The predicted molar refractivity (Wildman–Crippen MR) is 120 cm³/mol. The van der Waals surface area contributed by atoms with Gasteiger partial charge in [-0.25, -0.2) is 4.79 Å². The van der Waals surface area contributed by atoms with Crippen LogP contribution in [0.5, 0.6) is 0 Å². The van der Waals surface area contributed by atoms with Gasteiger partial charge in [-0.05, 0) is 49.9 Å². The number of aromatic nitrogens is 1. The molecule has 168 valence electrons. The molecule has 3 aliphatic heterocycles. The van der Waals surface area contributed by atoms with Gasteiger partial charge in [-0.2, -0.15) is 0 Å². The first-order chi connectivity index (χ1) is 15.4. The minimum atomic E-state index is -1.36. The highest BCUT2D eigenvalue weighted by atomic mass is 16.4. The van der Waals surface area contributed by atoms with E-state index < -0.39 is 30.2 Å². The third-order valence-corrected chi connectivity index (χ3v) is 7.49. The van der Waals surface area contributed by atoms with Crippen molar-refractivity contribution in [2.45, 2.75) is 51.1 Å². The lowest BCUT2D eigenvalue weighted by Gasteiger charge is -2.53. The number of carbonyl (C=O) groups is 3. The molecule has 1 aromatic heterocycles. The minimum absolute atomic E-state index is 0.188. The number of nitrogens with one attached hydrogen (secondary N) is 1. The molecule has 8 heteroatoms. The van der Waals surface area contributed by atoms with E-state index in [1.54, 1.807) is 0 Å². The second kappa shape index (κ2) is 7.48. The van der Waals surface area contributed by atoms with E-state index in [9.17, 15) is 19.5 Å². The van der Waals surface area contributed by atoms with Gasteiger partial charge in [0.1, 0.15) is 11.7 Å². The highest BCUT2D eigenvalue weighted by Crippen LogP contribution is 2.56. The third-order valence-electron chi connectivity index (χ3n) is 7.49. The van der Waals surface area contributed by atoms with Gasteiger partial charge >= 0.3 is 5.97 Å². The van der Waals surface area contributed by atoms with Crippen LogP contribution in [-0.2, 0) is 20.8 Å². The summed E-state index contributed by atoms with van der Waals surface area (Å²) < 4.78 is 2.03. The summed E-state index contributed by atoms with van der Waals surface area (Å²) in [4.78, 5) is 39.1. The van der Waals surface area contributed by atoms with Crippen molar-refractivity contribution in [3.8, 4) is 0 Å². The summed E-state index contributed by atoms with van der Waals surface area (Å²) >= 11 is 0. The summed E-state index contributed by atoms with van der Waals surface area (Å²) in [6.45, 7) is 4.21. The summed E-state index contributed by atoms with van der Waals surface area (Å²) in [6, 6.07) is 6.93. The van der Waals surface area contributed by atoms with Gasteiger partial charge in [0.05, 0.1) is 18.0 Å². The summed E-state index contributed by atoms with van der Waals surface area (Å²) in [6.07, 6.45) is 5.46. The predicted octanol–water partition coefficient (Wildman–Crippen LogP) is 2.03. The standard InChI is InChI=1S/C24H28N4O4/c1-2-24-9-5-10-27-11-8-15-14-6-3-4-7-17(14)28(20(15)21(24)27)18(13-24)22(30)26-16(23(31)32)12-19(25)29/h3-4,6-7,13,16,21H,2,5,8-12H2,1H3,(H2,25,29)(H,26,30)(H,31,32)/t16-,21+,24-/m0/s1. The van der Waals surface area contributed by atoms with E-state index in [0.29, 0.717) is 5.70 Å². The molecule has 2 amide bonds. The van der Waals surface area contributed by atoms with Gasteiger partial charge in [0.25, 0.3) is 5.91 Å². The number of primary amides is 1. The largest absolute Gasteiger partial charge is 0.480 e. The van der Waals surface area contributed by atoms with Gasteiger partial charge < -0.3 is 20.7 Å². The third kappa shape index (κ3) is 2.97. The smallest absolute Gasteiger partial charge is 0.326 e. The fourth-order valence-electron chi connectivity index (χ4n) is 6.08. The molecule has 0 unspecified atom stereocenters. The van der Waals surface area contributed by atoms with E-state index in [1.807, 2.05) is 22.8 Å². The van der Waals surface area contributed by atoms with E-state index in [1.165, 1.54) is 5.56 Å². The number of carboxylic acids is 1. The molecular weight excluding hydrogens is 408 g/mol. The zero-order valence-corrected chi connectivity index (χ0v) is 18.1. The van der Waals surface area contributed by atoms with Crippen molar-refractivity contribution in [2.75, 3.05) is 13.1 Å². The van der Waals surface area contributed by atoms with Gasteiger partial charge in [-0.3, -0.25) is 14.5 Å². The number of nitrogens with two attached hydrogens (primary N) is 1. The molecule has 8 nitrogen and oxygen atoms in total. The Kier molecular flexibility index (Phi) is 4.85. The first kappa shape index (κ1) is 20.8. The molecule has 0 radical (unpaired) electrons. The Morgan fingerprint density at radius 3 is 2.78 bits per heavy atom. The van der Waals surface area contributed by atoms with Crippen molar-refractivity contribution in [1.82, 2.24) is 14.8 Å². The summed E-state index contributed by atoms with van der Waals surface area (Å²) in [5.41, 5.74) is 8.87. The number of nitrogens with zero attached hydrogens (tertiary/aromatic N) is 2. The second-order valence-corrected chi connectivity index (χ2v) is 9.16. The molecule has 32 heavy (non-hydrogen) atoms. The number of benzene rings is 1. The molecular formula is C24H28N4O4. The van der Waals surface area contributed by atoms with E-state index in [0.717, 1.165) is 55.4 Å². The fraction of sp³-hybridized carbons (Fsp3) is 0.458. The van der Waals surface area contributed by atoms with E-state index in [2.05, 4.69) is 29.3 Å². The fourth-order valence-corrected chi connectivity index (χ4v) is 6.08. The summed E-state index contributed by atoms with van der Waals surface area (Å²) in [5, 5.41) is 13.2. The maximum Gasteiger partial charge on any atom is 0.326 e. The van der Waals surface area contributed by atoms with Crippen LogP contribution in [0, 0.1) is 5.41 Å². The number of hydrogen-bond acceptors (Lipinski definition) is 4. The molecule has 1 fully saturated rings. The van der Waals surface area contributed by atoms with Crippen LogP contribution >= 0.6 is 0 Å². The number of piperidine rings is 1. The molecule has 0 spiro atoms. The van der Waals surface area contributed by atoms with Crippen molar-refractivity contribution in [2.24, 2.45) is 11.1 Å². The lowest BCUT2D eigenvalue weighted by Crippen LogP contribution is -2.52. The van der Waals surface area contributed by atoms with Crippen LogP contribution < -0.4 is 11.1 Å². The molecule has 3 aliphatic rings. The van der Waals surface area contributed by atoms with Crippen molar-refractivity contribution < 1.29 is 19.5 Å². The Balaban J connectivity index is 1.69. The number of para-hydroxylation sites is 1. The van der Waals surface area contributed by atoms with Crippen molar-refractivity contribution in [3.05, 3.63) is 41.6 Å². The lowest BCUT2D eigenvalue weighted by molar-refractivity contribution is -0.142. The number of carboxylic acid groups (broad SMARTS) is 1. The average Bonchev–Trinajstić information content (AvgIpc) is 3.12. The second-order valence-electron chi connectivity index (χ2n) is 9.16. The van der Waals surface area contributed by atoms with Crippen molar-refractivity contribution >= 4 is 34.4 Å². The molecule has 0 saturated carbocycles. The molecule has 2 aromatic rings. The van der Waals surface area contributed by atoms with Crippen LogP contribution in [0.15, 0.2) is 30.3 Å². The SMILES string of the molecule is CC[C@@]12C=C(C(=O)N[C@@H](CC(N)=O)C(=O)O)n3c4c(c5ccccc53)CCN(CCC1)[C@H]42. The molecule has 3 atom stereocenters. The van der Waals surface area contributed by atoms with Crippen LogP contribution in [0.4, 0.5) is 0 Å². The Morgan fingerprint density at radius 1 is 1.28 bits per heavy atom. The minimum Gasteiger partial charge on any atom is -0.480 e. The molecule has 0 bridgehead atoms. The monoisotopic (exact) mass is 436 g/mol. The number of fused-ring (bicyclic) bond motifs is 3. The molecule has 4 N–H and O–H groups in total. The van der Waals surface area contributed by atoms with Crippen LogP contribution in [0.2, 0.25) is 0 Å². The summed E-state index contributed by atoms with van der Waals surface area (Å²) in [5.74, 6) is -2.54. The van der Waals surface area contributed by atoms with Gasteiger partial charge in [-0.15, -0.1) is 0 Å². The molecule has 0 aliphatic carbocycles. The number of rotatable bonds is 6. The van der Waals surface area contributed by atoms with Gasteiger partial charge in [0.2, 0.25) is 5.91 Å². The van der Waals surface area contributed by atoms with Crippen LogP contribution in [0.1, 0.15) is 49.9 Å². The average molecular weight is 437 g/mol. The Morgan fingerprint density at radius 2 is 2.06 bits per heavy atom. The first-order valence-electron chi connectivity index (χ1n) is 11.3. The van der Waals surface area contributed by atoms with Crippen LogP contribution in [0.25, 0.3) is 16.6 Å². The van der Waals surface area contributed by atoms with E-state index in [-0.39, 0.29) is 11.5 Å². The van der Waals surface area contributed by atoms with Crippen LogP contribution in [-0.4, -0.2) is 51.5 Å². The Hall–Kier alpha value is -3.13. The van der Waals surface area contributed by atoms with Crippen molar-refractivity contribution in [1.29, 1.82) is 0 Å². The molecule has 1 aromatic carbocycles. The Bertz CT molecular complexity index is 1170. The van der Waals surface area contributed by atoms with E-state index in [4.69, 9.17) is 5.73 Å².